The molecule has 0 bridgehead atoms. The molecule has 0 unspecified atom stereocenters. The lowest BCUT2D eigenvalue weighted by Crippen LogP contribution is -2.23. The molecule has 0 atom stereocenters. The van der Waals surface area contributed by atoms with Crippen LogP contribution in [0.4, 0.5) is 0 Å². The Balaban J connectivity index is 2.87. The molecule has 2 N–H and O–H groups in total. The molecule has 1 rings (SSSR count). The van der Waals surface area contributed by atoms with E-state index in [-0.39, 0.29) is 11.7 Å². The lowest BCUT2D eigenvalue weighted by atomic mass is 10.1. The molecule has 1 aromatic carbocycles. The van der Waals surface area contributed by atoms with Crippen LogP contribution in [0, 0.1) is 0 Å². The fourth-order valence-electron chi connectivity index (χ4n) is 1.08. The second kappa shape index (κ2) is 4.81. The Morgan fingerprint density at radius 2 is 2.07 bits per heavy atom. The van der Waals surface area contributed by atoms with Crippen LogP contribution in [0.2, 0.25) is 0 Å². The quantitative estimate of drug-likeness (QED) is 0.672. The SMILES string of the molecule is CN(C)C(=O)c1cccc(OB(O)O)c1. The van der Waals surface area contributed by atoms with E-state index >= 15 is 0 Å². The molecule has 0 aliphatic carbocycles. The van der Waals surface area contributed by atoms with Gasteiger partial charge in [0.1, 0.15) is 5.75 Å². The summed E-state index contributed by atoms with van der Waals surface area (Å²) in [7, 11) is 1.39. The zero-order valence-corrected chi connectivity index (χ0v) is 8.54. The molecule has 0 aromatic heterocycles. The summed E-state index contributed by atoms with van der Waals surface area (Å²) in [6.07, 6.45) is 0. The molecule has 0 saturated heterocycles. The highest BCUT2D eigenvalue weighted by molar-refractivity contribution is 6.33. The molecule has 0 aliphatic heterocycles. The van der Waals surface area contributed by atoms with E-state index in [2.05, 4.69) is 4.65 Å². The van der Waals surface area contributed by atoms with E-state index in [1.165, 1.54) is 17.0 Å². The standard InChI is InChI=1S/C9H12BNO4/c1-11(2)9(12)7-4-3-5-8(6-7)15-10(13)14/h3-6,13-14H,1-2H3. The maximum Gasteiger partial charge on any atom is 0.707 e. The van der Waals surface area contributed by atoms with Gasteiger partial charge in [-0.2, -0.15) is 0 Å². The minimum Gasteiger partial charge on any atom is -0.512 e. The van der Waals surface area contributed by atoms with Crippen molar-refractivity contribution in [3.63, 3.8) is 0 Å². The molecule has 0 spiro atoms. The summed E-state index contributed by atoms with van der Waals surface area (Å²) in [5.41, 5.74) is 0.429. The Morgan fingerprint density at radius 3 is 2.60 bits per heavy atom. The van der Waals surface area contributed by atoms with E-state index in [0.717, 1.165) is 0 Å². The topological polar surface area (TPSA) is 70.0 Å². The van der Waals surface area contributed by atoms with E-state index < -0.39 is 7.32 Å². The predicted octanol–water partition coefficient (Wildman–Crippen LogP) is -0.263. The predicted molar refractivity (Wildman–Crippen MR) is 55.3 cm³/mol. The summed E-state index contributed by atoms with van der Waals surface area (Å²) >= 11 is 0. The van der Waals surface area contributed by atoms with Crippen LogP contribution in [-0.2, 0) is 0 Å². The molecule has 0 saturated carbocycles. The first-order valence-electron chi connectivity index (χ1n) is 4.35. The number of benzene rings is 1. The first kappa shape index (κ1) is 11.5. The van der Waals surface area contributed by atoms with Crippen LogP contribution >= 0.6 is 0 Å². The highest BCUT2D eigenvalue weighted by atomic mass is 16.6. The Bertz CT molecular complexity index is 354. The van der Waals surface area contributed by atoms with Gasteiger partial charge < -0.3 is 19.6 Å². The number of carbonyl (C=O) groups is 1. The second-order valence-electron chi connectivity index (χ2n) is 3.17. The molecule has 0 radical (unpaired) electrons. The number of amides is 1. The first-order chi connectivity index (χ1) is 7.00. The van der Waals surface area contributed by atoms with Gasteiger partial charge in [-0.1, -0.05) is 6.07 Å². The van der Waals surface area contributed by atoms with Crippen LogP contribution in [0.5, 0.6) is 5.75 Å². The maximum absolute atomic E-state index is 11.5. The van der Waals surface area contributed by atoms with Gasteiger partial charge in [0.15, 0.2) is 0 Å². The lowest BCUT2D eigenvalue weighted by Gasteiger charge is -2.11. The third-order valence-electron chi connectivity index (χ3n) is 1.73. The Labute approximate surface area is 88.1 Å². The summed E-state index contributed by atoms with van der Waals surface area (Å²) in [6.45, 7) is 0. The number of nitrogens with zero attached hydrogens (tertiary/aromatic N) is 1. The van der Waals surface area contributed by atoms with E-state index in [4.69, 9.17) is 10.0 Å². The Hall–Kier alpha value is -1.53. The van der Waals surface area contributed by atoms with Crippen molar-refractivity contribution >= 4 is 13.2 Å². The van der Waals surface area contributed by atoms with Crippen LogP contribution in [0.1, 0.15) is 10.4 Å². The molecule has 6 heteroatoms. The lowest BCUT2D eigenvalue weighted by molar-refractivity contribution is 0.0827. The minimum atomic E-state index is -1.88. The van der Waals surface area contributed by atoms with Crippen molar-refractivity contribution in [3.05, 3.63) is 29.8 Å². The van der Waals surface area contributed by atoms with Gasteiger partial charge in [-0.3, -0.25) is 4.79 Å². The molecule has 1 amide bonds. The average Bonchev–Trinajstić information content (AvgIpc) is 2.16. The van der Waals surface area contributed by atoms with Crippen molar-refractivity contribution in [2.45, 2.75) is 0 Å². The van der Waals surface area contributed by atoms with Gasteiger partial charge in [-0.05, 0) is 18.2 Å². The summed E-state index contributed by atoms with van der Waals surface area (Å²) < 4.78 is 4.63. The molecule has 80 valence electrons. The van der Waals surface area contributed by atoms with Crippen molar-refractivity contribution in [2.24, 2.45) is 0 Å². The van der Waals surface area contributed by atoms with Gasteiger partial charge in [0.05, 0.1) is 0 Å². The van der Waals surface area contributed by atoms with Crippen molar-refractivity contribution in [1.29, 1.82) is 0 Å². The van der Waals surface area contributed by atoms with Gasteiger partial charge in [-0.15, -0.1) is 0 Å². The van der Waals surface area contributed by atoms with Crippen LogP contribution in [0.25, 0.3) is 0 Å². The zero-order chi connectivity index (χ0) is 11.4. The van der Waals surface area contributed by atoms with Crippen LogP contribution in [-0.4, -0.2) is 42.3 Å². The number of carbonyl (C=O) groups excluding carboxylic acids is 1. The second-order valence-corrected chi connectivity index (χ2v) is 3.17. The summed E-state index contributed by atoms with van der Waals surface area (Å²) in [6, 6.07) is 6.21. The maximum atomic E-state index is 11.5. The average molecular weight is 209 g/mol. The molecular formula is C9H12BNO4. The summed E-state index contributed by atoms with van der Waals surface area (Å²) in [5.74, 6) is 0.0607. The van der Waals surface area contributed by atoms with Gasteiger partial charge in [0.25, 0.3) is 5.91 Å². The fourth-order valence-corrected chi connectivity index (χ4v) is 1.08. The van der Waals surface area contributed by atoms with E-state index in [9.17, 15) is 4.79 Å². The van der Waals surface area contributed by atoms with E-state index in [1.807, 2.05) is 0 Å². The monoisotopic (exact) mass is 209 g/mol. The smallest absolute Gasteiger partial charge is 0.512 e. The molecule has 0 fully saturated rings. The highest BCUT2D eigenvalue weighted by Crippen LogP contribution is 2.14. The number of hydrogen-bond acceptors (Lipinski definition) is 4. The van der Waals surface area contributed by atoms with Gasteiger partial charge in [-0.25, -0.2) is 0 Å². The van der Waals surface area contributed by atoms with E-state index in [1.54, 1.807) is 26.2 Å². The fraction of sp³-hybridized carbons (Fsp3) is 0.222. The third kappa shape index (κ3) is 3.27. The third-order valence-corrected chi connectivity index (χ3v) is 1.73. The van der Waals surface area contributed by atoms with Crippen molar-refractivity contribution < 1.29 is 19.5 Å². The van der Waals surface area contributed by atoms with Crippen molar-refractivity contribution in [3.8, 4) is 5.75 Å². The molecule has 5 nitrogen and oxygen atoms in total. The van der Waals surface area contributed by atoms with Gasteiger partial charge in [0.2, 0.25) is 0 Å². The van der Waals surface area contributed by atoms with Crippen LogP contribution in [0.3, 0.4) is 0 Å². The normalized spacial score (nSPS) is 9.60. The number of hydrogen-bond donors (Lipinski definition) is 2. The molecule has 1 aromatic rings. The molecule has 0 aliphatic rings. The molecule has 0 heterocycles. The van der Waals surface area contributed by atoms with Crippen LogP contribution in [0.15, 0.2) is 24.3 Å². The van der Waals surface area contributed by atoms with Gasteiger partial charge >= 0.3 is 7.32 Å². The van der Waals surface area contributed by atoms with Gasteiger partial charge in [0, 0.05) is 19.7 Å². The Kier molecular flexibility index (Phi) is 3.71. The number of rotatable bonds is 3. The summed E-state index contributed by atoms with van der Waals surface area (Å²) in [5, 5.41) is 17.2. The largest absolute Gasteiger partial charge is 0.707 e. The first-order valence-corrected chi connectivity index (χ1v) is 4.35. The highest BCUT2D eigenvalue weighted by Gasteiger charge is 2.13. The van der Waals surface area contributed by atoms with Crippen molar-refractivity contribution in [1.82, 2.24) is 4.90 Å². The minimum absolute atomic E-state index is 0.173. The molecule has 15 heavy (non-hydrogen) atoms. The van der Waals surface area contributed by atoms with Crippen molar-refractivity contribution in [2.75, 3.05) is 14.1 Å². The van der Waals surface area contributed by atoms with E-state index in [0.29, 0.717) is 5.56 Å². The molecular weight excluding hydrogens is 197 g/mol. The Morgan fingerprint density at radius 1 is 1.40 bits per heavy atom. The van der Waals surface area contributed by atoms with Crippen LogP contribution < -0.4 is 4.65 Å². The summed E-state index contributed by atoms with van der Waals surface area (Å²) in [4.78, 5) is 13.0. The zero-order valence-electron chi connectivity index (χ0n) is 8.54.